The molecular weight excluding hydrogens is 350 g/mol. The number of hydrogen-bond donors (Lipinski definition) is 2. The first-order valence-corrected chi connectivity index (χ1v) is 10.3. The highest BCUT2D eigenvalue weighted by atomic mass is 16.3. The highest BCUT2D eigenvalue weighted by molar-refractivity contribution is 5.28. The number of likely N-dealkylation sites (tertiary alicyclic amines) is 2. The molecule has 0 saturated carbocycles. The Labute approximate surface area is 167 Å². The van der Waals surface area contributed by atoms with Gasteiger partial charge in [0.05, 0.1) is 6.10 Å². The van der Waals surface area contributed by atoms with E-state index >= 15 is 0 Å². The molecule has 2 N–H and O–H groups in total. The number of hydrogen-bond acceptors (Lipinski definition) is 6. The Morgan fingerprint density at radius 3 is 2.68 bits per heavy atom. The zero-order valence-electron chi connectivity index (χ0n) is 16.7. The summed E-state index contributed by atoms with van der Waals surface area (Å²) in [5, 5.41) is 14.0. The fourth-order valence-corrected chi connectivity index (χ4v) is 4.73. The molecule has 1 spiro atoms. The van der Waals surface area contributed by atoms with Gasteiger partial charge in [-0.1, -0.05) is 30.3 Å². The van der Waals surface area contributed by atoms with Gasteiger partial charge in [-0.3, -0.25) is 4.90 Å². The number of anilines is 1. The van der Waals surface area contributed by atoms with Crippen LogP contribution in [0.3, 0.4) is 0 Å². The third-order valence-corrected chi connectivity index (χ3v) is 6.17. The van der Waals surface area contributed by atoms with E-state index in [1.54, 1.807) is 0 Å². The molecule has 0 amide bonds. The zero-order chi connectivity index (χ0) is 19.4. The summed E-state index contributed by atoms with van der Waals surface area (Å²) in [5.74, 6) is 0.659. The Morgan fingerprint density at radius 2 is 1.89 bits per heavy atom. The number of piperidine rings is 2. The molecule has 28 heavy (non-hydrogen) atoms. The van der Waals surface area contributed by atoms with Crippen molar-refractivity contribution in [1.29, 1.82) is 0 Å². The van der Waals surface area contributed by atoms with Gasteiger partial charge in [0.1, 0.15) is 0 Å². The van der Waals surface area contributed by atoms with Gasteiger partial charge in [0, 0.05) is 56.1 Å². The second-order valence-electron chi connectivity index (χ2n) is 8.47. The molecule has 2 fully saturated rings. The third-order valence-electron chi connectivity index (χ3n) is 6.17. The van der Waals surface area contributed by atoms with Crippen LogP contribution in [-0.2, 0) is 13.1 Å². The van der Waals surface area contributed by atoms with Crippen molar-refractivity contribution in [2.45, 2.75) is 38.5 Å². The second kappa shape index (κ2) is 8.55. The quantitative estimate of drug-likeness (QED) is 0.829. The molecule has 1 aromatic carbocycles. The van der Waals surface area contributed by atoms with Gasteiger partial charge in [0.2, 0.25) is 5.95 Å². The Morgan fingerprint density at radius 1 is 1.11 bits per heavy atom. The van der Waals surface area contributed by atoms with Gasteiger partial charge in [-0.25, -0.2) is 9.97 Å². The number of nitrogens with zero attached hydrogens (tertiary/aromatic N) is 4. The van der Waals surface area contributed by atoms with Gasteiger partial charge in [-0.2, -0.15) is 0 Å². The Balaban J connectivity index is 1.33. The smallest absolute Gasteiger partial charge is 0.222 e. The standard InChI is InChI=1S/C22H31N5O/c1-26-11-8-20(28)22(16-26)9-5-10-27(17-22)15-19-13-24-21(25-14-19)23-12-18-6-3-2-4-7-18/h2-4,6-7,13-14,20,28H,5,8-12,15-17H2,1H3,(H,23,24,25)/t20-,22-/m0/s1. The van der Waals surface area contributed by atoms with E-state index in [1.165, 1.54) is 5.56 Å². The molecule has 4 rings (SSSR count). The van der Waals surface area contributed by atoms with Crippen LogP contribution in [-0.4, -0.2) is 64.2 Å². The predicted octanol–water partition coefficient (Wildman–Crippen LogP) is 2.37. The number of aliphatic hydroxyl groups excluding tert-OH is 1. The number of rotatable bonds is 5. The number of benzene rings is 1. The van der Waals surface area contributed by atoms with E-state index in [0.29, 0.717) is 5.95 Å². The number of nitrogens with one attached hydrogen (secondary N) is 1. The van der Waals surface area contributed by atoms with E-state index in [1.807, 2.05) is 30.6 Å². The van der Waals surface area contributed by atoms with Crippen molar-refractivity contribution in [3.63, 3.8) is 0 Å². The lowest BCUT2D eigenvalue weighted by Gasteiger charge is -2.50. The van der Waals surface area contributed by atoms with Crippen molar-refractivity contribution in [3.05, 3.63) is 53.9 Å². The van der Waals surface area contributed by atoms with Gasteiger partial charge < -0.3 is 15.3 Å². The zero-order valence-corrected chi connectivity index (χ0v) is 16.7. The molecule has 6 nitrogen and oxygen atoms in total. The lowest BCUT2D eigenvalue weighted by Crippen LogP contribution is -2.58. The van der Waals surface area contributed by atoms with Gasteiger partial charge in [-0.05, 0) is 38.4 Å². The summed E-state index contributed by atoms with van der Waals surface area (Å²) in [7, 11) is 2.17. The Bertz CT molecular complexity index is 753. The Kier molecular flexibility index (Phi) is 5.90. The molecule has 2 aliphatic rings. The van der Waals surface area contributed by atoms with Gasteiger partial charge >= 0.3 is 0 Å². The molecule has 1 aromatic heterocycles. The maximum atomic E-state index is 10.7. The summed E-state index contributed by atoms with van der Waals surface area (Å²) in [5.41, 5.74) is 2.36. The van der Waals surface area contributed by atoms with Crippen LogP contribution in [0.15, 0.2) is 42.7 Å². The van der Waals surface area contributed by atoms with Crippen LogP contribution in [0, 0.1) is 5.41 Å². The summed E-state index contributed by atoms with van der Waals surface area (Å²) < 4.78 is 0. The topological polar surface area (TPSA) is 64.5 Å². The molecule has 2 aromatic rings. The molecule has 0 unspecified atom stereocenters. The average molecular weight is 382 g/mol. The minimum absolute atomic E-state index is 0.0171. The van der Waals surface area contributed by atoms with Crippen LogP contribution in [0.4, 0.5) is 5.95 Å². The monoisotopic (exact) mass is 381 g/mol. The normalized spacial score (nSPS) is 26.4. The van der Waals surface area contributed by atoms with E-state index < -0.39 is 0 Å². The molecule has 6 heteroatoms. The molecule has 2 atom stereocenters. The van der Waals surface area contributed by atoms with Crippen LogP contribution in [0.1, 0.15) is 30.4 Å². The fraction of sp³-hybridized carbons (Fsp3) is 0.545. The summed E-state index contributed by atoms with van der Waals surface area (Å²) >= 11 is 0. The molecule has 2 aliphatic heterocycles. The predicted molar refractivity (Wildman–Crippen MR) is 111 cm³/mol. The maximum absolute atomic E-state index is 10.7. The van der Waals surface area contributed by atoms with Crippen LogP contribution in [0.25, 0.3) is 0 Å². The van der Waals surface area contributed by atoms with Crippen LogP contribution < -0.4 is 5.32 Å². The minimum Gasteiger partial charge on any atom is -0.392 e. The van der Waals surface area contributed by atoms with Crippen molar-refractivity contribution in [2.75, 3.05) is 38.5 Å². The Hall–Kier alpha value is -2.02. The van der Waals surface area contributed by atoms with Crippen LogP contribution >= 0.6 is 0 Å². The highest BCUT2D eigenvalue weighted by Crippen LogP contribution is 2.38. The fourth-order valence-electron chi connectivity index (χ4n) is 4.73. The molecule has 0 bridgehead atoms. The first-order chi connectivity index (χ1) is 13.6. The summed E-state index contributed by atoms with van der Waals surface area (Å²) in [6.07, 6.45) is 6.80. The highest BCUT2D eigenvalue weighted by Gasteiger charge is 2.44. The lowest BCUT2D eigenvalue weighted by atomic mass is 9.71. The summed E-state index contributed by atoms with van der Waals surface area (Å²) in [6.45, 7) is 5.58. The number of aliphatic hydroxyl groups is 1. The van der Waals surface area contributed by atoms with Gasteiger partial charge in [0.25, 0.3) is 0 Å². The first kappa shape index (κ1) is 19.3. The molecule has 2 saturated heterocycles. The largest absolute Gasteiger partial charge is 0.392 e. The van der Waals surface area contributed by atoms with Crippen molar-refractivity contribution >= 4 is 5.95 Å². The third kappa shape index (κ3) is 4.51. The van der Waals surface area contributed by atoms with Crippen molar-refractivity contribution < 1.29 is 5.11 Å². The minimum atomic E-state index is -0.188. The van der Waals surface area contributed by atoms with Crippen LogP contribution in [0.2, 0.25) is 0 Å². The van der Waals surface area contributed by atoms with Crippen molar-refractivity contribution in [3.8, 4) is 0 Å². The molecule has 150 valence electrons. The van der Waals surface area contributed by atoms with Gasteiger partial charge in [-0.15, -0.1) is 0 Å². The molecule has 0 radical (unpaired) electrons. The van der Waals surface area contributed by atoms with E-state index in [4.69, 9.17) is 0 Å². The summed E-state index contributed by atoms with van der Waals surface area (Å²) in [4.78, 5) is 13.8. The molecule has 0 aliphatic carbocycles. The maximum Gasteiger partial charge on any atom is 0.222 e. The SMILES string of the molecule is CN1CC[C@H](O)[C@@]2(CCCN(Cc3cnc(NCc4ccccc4)nc3)C2)C1. The second-order valence-corrected chi connectivity index (χ2v) is 8.47. The van der Waals surface area contributed by atoms with Crippen molar-refractivity contribution in [1.82, 2.24) is 19.8 Å². The number of aromatic nitrogens is 2. The summed E-state index contributed by atoms with van der Waals surface area (Å²) in [6, 6.07) is 10.3. The molecule has 3 heterocycles. The van der Waals surface area contributed by atoms with E-state index in [2.05, 4.69) is 44.3 Å². The molecular formula is C22H31N5O. The van der Waals surface area contributed by atoms with E-state index in [9.17, 15) is 5.11 Å². The van der Waals surface area contributed by atoms with E-state index in [-0.39, 0.29) is 11.5 Å². The van der Waals surface area contributed by atoms with Crippen LogP contribution in [0.5, 0.6) is 0 Å². The first-order valence-electron chi connectivity index (χ1n) is 10.3. The lowest BCUT2D eigenvalue weighted by molar-refractivity contribution is -0.0808. The van der Waals surface area contributed by atoms with Gasteiger partial charge in [0.15, 0.2) is 0 Å². The van der Waals surface area contributed by atoms with E-state index in [0.717, 1.165) is 64.1 Å². The average Bonchev–Trinajstić information content (AvgIpc) is 2.72. The van der Waals surface area contributed by atoms with Crippen molar-refractivity contribution in [2.24, 2.45) is 5.41 Å².